The van der Waals surface area contributed by atoms with Gasteiger partial charge in [0.2, 0.25) is 23.5 Å². The Kier molecular flexibility index (Phi) is 5.83. The molecule has 10 nitrogen and oxygen atoms in total. The van der Waals surface area contributed by atoms with Gasteiger partial charge >= 0.3 is 0 Å². The summed E-state index contributed by atoms with van der Waals surface area (Å²) in [5.74, 6) is -0.841. The van der Waals surface area contributed by atoms with E-state index in [-0.39, 0.29) is 17.7 Å². The lowest BCUT2D eigenvalue weighted by molar-refractivity contribution is -0.128. The molecule has 3 amide bonds. The number of hydrogen-bond donors (Lipinski definition) is 2. The van der Waals surface area contributed by atoms with Crippen molar-refractivity contribution in [1.29, 1.82) is 0 Å². The number of hydrogen-bond acceptors (Lipinski definition) is 7. The van der Waals surface area contributed by atoms with Crippen molar-refractivity contribution in [1.82, 2.24) is 0 Å². The zero-order chi connectivity index (χ0) is 25.6. The maximum Gasteiger partial charge on any atom is 0.234 e. The first kappa shape index (κ1) is 23.7. The molecule has 2 aromatic rings. The summed E-state index contributed by atoms with van der Waals surface area (Å²) in [5.41, 5.74) is 0.888. The Balaban J connectivity index is 1.39. The Morgan fingerprint density at radius 3 is 2.25 bits per heavy atom. The molecule has 188 valence electrons. The zero-order valence-corrected chi connectivity index (χ0v) is 20.4. The van der Waals surface area contributed by atoms with Gasteiger partial charge < -0.3 is 34.5 Å². The van der Waals surface area contributed by atoms with Gasteiger partial charge in [-0.1, -0.05) is 12.2 Å². The number of fused-ring (bicyclic) bond motifs is 1. The Bertz CT molecular complexity index is 1230. The van der Waals surface area contributed by atoms with Crippen molar-refractivity contribution in [2.24, 2.45) is 11.8 Å². The molecule has 2 fully saturated rings. The molecule has 10 heteroatoms. The lowest BCUT2D eigenvalue weighted by Crippen LogP contribution is -2.41. The van der Waals surface area contributed by atoms with Gasteiger partial charge in [0.25, 0.3) is 0 Å². The summed E-state index contributed by atoms with van der Waals surface area (Å²) in [6.45, 7) is 1.73. The quantitative estimate of drug-likeness (QED) is 0.570. The highest BCUT2D eigenvalue weighted by molar-refractivity contribution is 6.05. The Morgan fingerprint density at radius 2 is 1.67 bits per heavy atom. The number of ether oxygens (including phenoxy) is 4. The Hall–Kier alpha value is -4.05. The molecule has 3 aliphatic heterocycles. The second-order valence-electron chi connectivity index (χ2n) is 8.96. The van der Waals surface area contributed by atoms with E-state index in [4.69, 9.17) is 18.9 Å². The fraction of sp³-hybridized carbons (Fsp3) is 0.346. The van der Waals surface area contributed by atoms with E-state index in [1.54, 1.807) is 41.3 Å². The number of anilines is 3. The highest BCUT2D eigenvalue weighted by Crippen LogP contribution is 2.53. The summed E-state index contributed by atoms with van der Waals surface area (Å²) in [6.07, 6.45) is 3.26. The fourth-order valence-corrected chi connectivity index (χ4v) is 5.32. The summed E-state index contributed by atoms with van der Waals surface area (Å²) < 4.78 is 22.3. The van der Waals surface area contributed by atoms with Crippen LogP contribution in [0.2, 0.25) is 0 Å². The molecule has 2 N–H and O–H groups in total. The van der Waals surface area contributed by atoms with E-state index >= 15 is 0 Å². The second-order valence-corrected chi connectivity index (χ2v) is 8.96. The molecule has 3 unspecified atom stereocenters. The molecule has 2 bridgehead atoms. The molecule has 2 aromatic carbocycles. The Morgan fingerprint density at radius 1 is 1.00 bits per heavy atom. The van der Waals surface area contributed by atoms with Crippen LogP contribution >= 0.6 is 0 Å². The molecule has 0 radical (unpaired) electrons. The topological polar surface area (TPSA) is 115 Å². The standard InChI is InChI=1S/C26H27N3O7/c1-14(30)27-15-5-7-17(8-6-15)29-13-26-10-9-18(36-26)21(22(26)25(29)32)24(31)28-16-11-19(33-2)23(35-4)20(12-16)34-3/h5-12,18,21-22H,13H2,1-4H3,(H,27,30)(H,28,31)/t18?,21?,22?,26-/m1/s1. The smallest absolute Gasteiger partial charge is 0.234 e. The predicted octanol–water partition coefficient (Wildman–Crippen LogP) is 2.60. The molecule has 0 aromatic heterocycles. The van der Waals surface area contributed by atoms with Gasteiger partial charge in [-0.25, -0.2) is 0 Å². The molecule has 2 saturated heterocycles. The normalized spacial score (nSPS) is 25.5. The first-order chi connectivity index (χ1) is 17.3. The molecule has 0 aliphatic carbocycles. The van der Waals surface area contributed by atoms with Crippen molar-refractivity contribution < 1.29 is 33.3 Å². The van der Waals surface area contributed by atoms with Gasteiger partial charge in [-0.15, -0.1) is 0 Å². The largest absolute Gasteiger partial charge is 0.493 e. The highest BCUT2D eigenvalue weighted by atomic mass is 16.5. The van der Waals surface area contributed by atoms with Crippen LogP contribution in [0.15, 0.2) is 48.6 Å². The lowest BCUT2D eigenvalue weighted by atomic mass is 9.77. The van der Waals surface area contributed by atoms with Crippen LogP contribution in [0.5, 0.6) is 17.2 Å². The summed E-state index contributed by atoms with van der Waals surface area (Å²) in [4.78, 5) is 40.0. The first-order valence-electron chi connectivity index (χ1n) is 11.5. The van der Waals surface area contributed by atoms with Crippen LogP contribution in [0.3, 0.4) is 0 Å². The highest BCUT2D eigenvalue weighted by Gasteiger charge is 2.67. The van der Waals surface area contributed by atoms with Gasteiger partial charge in [-0.3, -0.25) is 14.4 Å². The Labute approximate surface area is 208 Å². The van der Waals surface area contributed by atoms with Crippen LogP contribution in [-0.4, -0.2) is 57.3 Å². The monoisotopic (exact) mass is 493 g/mol. The van der Waals surface area contributed by atoms with Gasteiger partial charge in [0.15, 0.2) is 11.5 Å². The molecule has 36 heavy (non-hydrogen) atoms. The van der Waals surface area contributed by atoms with Crippen molar-refractivity contribution in [3.8, 4) is 17.2 Å². The average Bonchev–Trinajstić information content (AvgIpc) is 3.51. The lowest BCUT2D eigenvalue weighted by Gasteiger charge is -2.24. The SMILES string of the molecule is COc1cc(NC(=O)C2C3C=C[C@]4(CN(c5ccc(NC(C)=O)cc5)C(=O)C24)O3)cc(OC)c1OC. The van der Waals surface area contributed by atoms with Crippen molar-refractivity contribution in [3.05, 3.63) is 48.6 Å². The minimum absolute atomic E-state index is 0.176. The van der Waals surface area contributed by atoms with Crippen molar-refractivity contribution in [2.45, 2.75) is 18.6 Å². The summed E-state index contributed by atoms with van der Waals surface area (Å²) in [6, 6.07) is 10.3. The molecule has 4 atom stereocenters. The zero-order valence-electron chi connectivity index (χ0n) is 20.4. The third-order valence-corrected chi connectivity index (χ3v) is 6.83. The first-order valence-corrected chi connectivity index (χ1v) is 11.5. The van der Waals surface area contributed by atoms with Gasteiger partial charge in [0.05, 0.1) is 45.8 Å². The minimum Gasteiger partial charge on any atom is -0.493 e. The van der Waals surface area contributed by atoms with E-state index < -0.39 is 23.5 Å². The van der Waals surface area contributed by atoms with Gasteiger partial charge in [-0.2, -0.15) is 0 Å². The van der Waals surface area contributed by atoms with E-state index in [1.807, 2.05) is 12.2 Å². The van der Waals surface area contributed by atoms with Crippen LogP contribution < -0.4 is 29.7 Å². The molecular weight excluding hydrogens is 466 g/mol. The molecule has 3 heterocycles. The van der Waals surface area contributed by atoms with Crippen molar-refractivity contribution >= 4 is 34.8 Å². The van der Waals surface area contributed by atoms with E-state index in [0.717, 1.165) is 0 Å². The number of methoxy groups -OCH3 is 3. The van der Waals surface area contributed by atoms with Crippen LogP contribution in [0.1, 0.15) is 6.92 Å². The summed E-state index contributed by atoms with van der Waals surface area (Å²) >= 11 is 0. The number of nitrogens with zero attached hydrogens (tertiary/aromatic N) is 1. The van der Waals surface area contributed by atoms with E-state index in [0.29, 0.717) is 40.9 Å². The van der Waals surface area contributed by atoms with E-state index in [9.17, 15) is 14.4 Å². The third-order valence-electron chi connectivity index (χ3n) is 6.83. The summed E-state index contributed by atoms with van der Waals surface area (Å²) in [7, 11) is 4.49. The summed E-state index contributed by atoms with van der Waals surface area (Å²) in [5, 5.41) is 5.61. The van der Waals surface area contributed by atoms with Crippen molar-refractivity contribution in [3.63, 3.8) is 0 Å². The van der Waals surface area contributed by atoms with Crippen LogP contribution in [0, 0.1) is 11.8 Å². The predicted molar refractivity (Wildman–Crippen MR) is 132 cm³/mol. The van der Waals surface area contributed by atoms with Gasteiger partial charge in [0.1, 0.15) is 5.60 Å². The maximum absolute atomic E-state index is 13.6. The van der Waals surface area contributed by atoms with Crippen LogP contribution in [0.25, 0.3) is 0 Å². The van der Waals surface area contributed by atoms with Crippen LogP contribution in [0.4, 0.5) is 17.1 Å². The molecule has 5 rings (SSSR count). The van der Waals surface area contributed by atoms with Gasteiger partial charge in [-0.05, 0) is 24.3 Å². The molecule has 1 spiro atoms. The number of nitrogens with one attached hydrogen (secondary N) is 2. The molecular formula is C26H27N3O7. The second kappa shape index (κ2) is 8.87. The van der Waals surface area contributed by atoms with E-state index in [1.165, 1.54) is 28.3 Å². The number of benzene rings is 2. The fourth-order valence-electron chi connectivity index (χ4n) is 5.32. The van der Waals surface area contributed by atoms with Gasteiger partial charge in [0, 0.05) is 36.1 Å². The number of carbonyl (C=O) groups excluding carboxylic acids is 3. The number of carbonyl (C=O) groups is 3. The van der Waals surface area contributed by atoms with E-state index in [2.05, 4.69) is 10.6 Å². The minimum atomic E-state index is -0.866. The van der Waals surface area contributed by atoms with Crippen LogP contribution in [-0.2, 0) is 19.1 Å². The number of rotatable bonds is 7. The van der Waals surface area contributed by atoms with Crippen molar-refractivity contribution in [2.75, 3.05) is 43.4 Å². The molecule has 0 saturated carbocycles. The molecule has 3 aliphatic rings. The number of amides is 3. The maximum atomic E-state index is 13.6. The third kappa shape index (κ3) is 3.74. The average molecular weight is 494 g/mol.